The van der Waals surface area contributed by atoms with Gasteiger partial charge in [-0.2, -0.15) is 0 Å². The van der Waals surface area contributed by atoms with Crippen molar-refractivity contribution in [2.24, 2.45) is 5.92 Å². The standard InChI is InChI=1S/C23H23FN4O2/c24-16-3-1-2-14(8-16)15-6-7-18-19(9-15)21(25)26-10-20(18)22(29)27-17-11-28(12-17)23(30)13-4-5-13/h1-3,6-10,13,17,22,27,29H,4-5,11-12H2,(H2,25,26). The predicted molar refractivity (Wildman–Crippen MR) is 113 cm³/mol. The maximum absolute atomic E-state index is 13.6. The summed E-state index contributed by atoms with van der Waals surface area (Å²) in [5, 5.41) is 15.4. The van der Waals surface area contributed by atoms with Crippen molar-refractivity contribution in [1.82, 2.24) is 15.2 Å². The van der Waals surface area contributed by atoms with Gasteiger partial charge in [-0.15, -0.1) is 0 Å². The van der Waals surface area contributed by atoms with E-state index in [4.69, 9.17) is 5.73 Å². The predicted octanol–water partition coefficient (Wildman–Crippen LogP) is 2.82. The number of nitrogens with two attached hydrogens (primary N) is 1. The highest BCUT2D eigenvalue weighted by molar-refractivity contribution is 5.96. The van der Waals surface area contributed by atoms with Gasteiger partial charge >= 0.3 is 0 Å². The minimum absolute atomic E-state index is 0.0434. The summed E-state index contributed by atoms with van der Waals surface area (Å²) in [6.07, 6.45) is 2.64. The van der Waals surface area contributed by atoms with E-state index < -0.39 is 6.23 Å². The molecular formula is C23H23FN4O2. The van der Waals surface area contributed by atoms with E-state index in [-0.39, 0.29) is 23.7 Å². The summed E-state index contributed by atoms with van der Waals surface area (Å²) in [6, 6.07) is 12.0. The van der Waals surface area contributed by atoms with Gasteiger partial charge in [0.25, 0.3) is 0 Å². The molecule has 0 bridgehead atoms. The molecule has 2 heterocycles. The van der Waals surface area contributed by atoms with Gasteiger partial charge in [-0.25, -0.2) is 9.37 Å². The molecule has 2 aliphatic rings. The van der Waals surface area contributed by atoms with E-state index in [1.165, 1.54) is 12.1 Å². The third-order valence-electron chi connectivity index (χ3n) is 5.92. The number of likely N-dealkylation sites (tertiary alicyclic amines) is 1. The van der Waals surface area contributed by atoms with Crippen LogP contribution in [0.4, 0.5) is 10.2 Å². The highest BCUT2D eigenvalue weighted by Crippen LogP contribution is 2.34. The van der Waals surface area contributed by atoms with Gasteiger partial charge in [0.05, 0.1) is 0 Å². The number of aliphatic hydroxyl groups is 1. The number of nitrogen functional groups attached to an aromatic ring is 1. The van der Waals surface area contributed by atoms with Gasteiger partial charge in [-0.1, -0.05) is 24.3 Å². The first-order valence-electron chi connectivity index (χ1n) is 10.2. The summed E-state index contributed by atoms with van der Waals surface area (Å²) < 4.78 is 13.6. The van der Waals surface area contributed by atoms with Gasteiger partial charge < -0.3 is 15.7 Å². The number of hydrogen-bond acceptors (Lipinski definition) is 5. The van der Waals surface area contributed by atoms with Crippen molar-refractivity contribution < 1.29 is 14.3 Å². The molecule has 1 amide bonds. The number of anilines is 1. The Morgan fingerprint density at radius 3 is 2.67 bits per heavy atom. The molecule has 2 fully saturated rings. The lowest BCUT2D eigenvalue weighted by molar-refractivity contribution is -0.138. The van der Waals surface area contributed by atoms with Gasteiger partial charge in [0, 0.05) is 42.2 Å². The quantitative estimate of drug-likeness (QED) is 0.567. The average Bonchev–Trinajstić information content (AvgIpc) is 3.55. The fourth-order valence-electron chi connectivity index (χ4n) is 4.02. The van der Waals surface area contributed by atoms with Crippen LogP contribution in [0.3, 0.4) is 0 Å². The number of pyridine rings is 1. The first kappa shape index (κ1) is 19.0. The maximum Gasteiger partial charge on any atom is 0.225 e. The zero-order valence-corrected chi connectivity index (χ0v) is 16.4. The number of hydrogen-bond donors (Lipinski definition) is 3. The second-order valence-corrected chi connectivity index (χ2v) is 8.15. The molecular weight excluding hydrogens is 383 g/mol. The summed E-state index contributed by atoms with van der Waals surface area (Å²) >= 11 is 0. The van der Waals surface area contributed by atoms with Crippen LogP contribution in [0.2, 0.25) is 0 Å². The third kappa shape index (κ3) is 3.51. The van der Waals surface area contributed by atoms with E-state index in [0.29, 0.717) is 29.9 Å². The van der Waals surface area contributed by atoms with E-state index in [0.717, 1.165) is 29.4 Å². The SMILES string of the molecule is Nc1ncc(C(O)NC2CN(C(=O)C3CC3)C2)c2ccc(-c3cccc(F)c3)cc12. The number of nitrogens with one attached hydrogen (secondary N) is 1. The number of aromatic nitrogens is 1. The minimum atomic E-state index is -0.927. The Balaban J connectivity index is 1.36. The highest BCUT2D eigenvalue weighted by atomic mass is 19.1. The summed E-state index contributed by atoms with van der Waals surface area (Å²) in [7, 11) is 0. The topological polar surface area (TPSA) is 91.5 Å². The molecule has 0 spiro atoms. The number of fused-ring (bicyclic) bond motifs is 1. The van der Waals surface area contributed by atoms with E-state index in [1.54, 1.807) is 12.3 Å². The van der Waals surface area contributed by atoms with E-state index in [1.807, 2.05) is 29.2 Å². The molecule has 3 aromatic rings. The van der Waals surface area contributed by atoms with Crippen LogP contribution < -0.4 is 11.1 Å². The smallest absolute Gasteiger partial charge is 0.225 e. The number of amides is 1. The molecule has 1 atom stereocenters. The van der Waals surface area contributed by atoms with Crippen molar-refractivity contribution in [3.63, 3.8) is 0 Å². The molecule has 1 aliphatic carbocycles. The fraction of sp³-hybridized carbons (Fsp3) is 0.304. The molecule has 0 radical (unpaired) electrons. The molecule has 6 nitrogen and oxygen atoms in total. The molecule has 1 saturated heterocycles. The third-order valence-corrected chi connectivity index (χ3v) is 5.92. The van der Waals surface area contributed by atoms with Crippen molar-refractivity contribution in [2.75, 3.05) is 18.8 Å². The monoisotopic (exact) mass is 406 g/mol. The Kier molecular flexibility index (Phi) is 4.64. The molecule has 7 heteroatoms. The summed E-state index contributed by atoms with van der Waals surface area (Å²) in [5.41, 5.74) is 8.29. The summed E-state index contributed by atoms with van der Waals surface area (Å²) in [5.74, 6) is 0.492. The normalized spacial score (nSPS) is 17.7. The lowest BCUT2D eigenvalue weighted by Crippen LogP contribution is -2.60. The zero-order valence-electron chi connectivity index (χ0n) is 16.4. The van der Waals surface area contributed by atoms with Crippen LogP contribution in [0.25, 0.3) is 21.9 Å². The van der Waals surface area contributed by atoms with Crippen molar-refractivity contribution >= 4 is 22.5 Å². The van der Waals surface area contributed by atoms with Crippen LogP contribution in [0.5, 0.6) is 0 Å². The lowest BCUT2D eigenvalue weighted by Gasteiger charge is -2.41. The molecule has 1 unspecified atom stereocenters. The number of carbonyl (C=O) groups excluding carboxylic acids is 1. The van der Waals surface area contributed by atoms with Gasteiger partial charge in [0.1, 0.15) is 17.9 Å². The molecule has 1 aromatic heterocycles. The minimum Gasteiger partial charge on any atom is -0.383 e. The molecule has 4 N–H and O–H groups in total. The van der Waals surface area contributed by atoms with Crippen LogP contribution in [-0.2, 0) is 4.79 Å². The molecule has 5 rings (SSSR count). The number of halogens is 1. The summed E-state index contributed by atoms with van der Waals surface area (Å²) in [6.45, 7) is 1.22. The van der Waals surface area contributed by atoms with Crippen molar-refractivity contribution in [2.45, 2.75) is 25.1 Å². The Hall–Kier alpha value is -3.03. The molecule has 154 valence electrons. The highest BCUT2D eigenvalue weighted by Gasteiger charge is 2.39. The number of rotatable bonds is 5. The zero-order chi connectivity index (χ0) is 20.8. The van der Waals surface area contributed by atoms with Crippen molar-refractivity contribution in [3.05, 3.63) is 60.0 Å². The van der Waals surface area contributed by atoms with Crippen LogP contribution in [0.1, 0.15) is 24.6 Å². The molecule has 1 aliphatic heterocycles. The number of benzene rings is 2. The van der Waals surface area contributed by atoms with Gasteiger partial charge in [0.15, 0.2) is 0 Å². The second-order valence-electron chi connectivity index (χ2n) is 8.15. The Labute approximate surface area is 173 Å². The molecule has 2 aromatic carbocycles. The van der Waals surface area contributed by atoms with E-state index in [2.05, 4.69) is 10.3 Å². The first-order valence-corrected chi connectivity index (χ1v) is 10.2. The van der Waals surface area contributed by atoms with Crippen LogP contribution in [-0.4, -0.2) is 40.0 Å². The van der Waals surface area contributed by atoms with Crippen LogP contribution >= 0.6 is 0 Å². The summed E-state index contributed by atoms with van der Waals surface area (Å²) in [4.78, 5) is 18.1. The lowest BCUT2D eigenvalue weighted by atomic mass is 9.98. The largest absolute Gasteiger partial charge is 0.383 e. The van der Waals surface area contributed by atoms with Gasteiger partial charge in [-0.05, 0) is 47.6 Å². The Morgan fingerprint density at radius 1 is 1.17 bits per heavy atom. The second kappa shape index (κ2) is 7.34. The number of nitrogens with zero attached hydrogens (tertiary/aromatic N) is 2. The van der Waals surface area contributed by atoms with E-state index in [9.17, 15) is 14.3 Å². The van der Waals surface area contributed by atoms with Crippen molar-refractivity contribution in [1.29, 1.82) is 0 Å². The molecule has 30 heavy (non-hydrogen) atoms. The number of carbonyl (C=O) groups is 1. The molecule has 1 saturated carbocycles. The van der Waals surface area contributed by atoms with Crippen molar-refractivity contribution in [3.8, 4) is 11.1 Å². The van der Waals surface area contributed by atoms with Gasteiger partial charge in [0.2, 0.25) is 5.91 Å². The maximum atomic E-state index is 13.6. The average molecular weight is 406 g/mol. The Bertz CT molecular complexity index is 1130. The fourth-order valence-corrected chi connectivity index (χ4v) is 4.02. The van der Waals surface area contributed by atoms with E-state index >= 15 is 0 Å². The van der Waals surface area contributed by atoms with Crippen LogP contribution in [0.15, 0.2) is 48.7 Å². The van der Waals surface area contributed by atoms with Crippen LogP contribution in [0, 0.1) is 11.7 Å². The number of aliphatic hydroxyl groups excluding tert-OH is 1. The Morgan fingerprint density at radius 2 is 1.93 bits per heavy atom. The van der Waals surface area contributed by atoms with Gasteiger partial charge in [-0.3, -0.25) is 10.1 Å². The first-order chi connectivity index (χ1) is 14.5.